The van der Waals surface area contributed by atoms with Gasteiger partial charge in [0.2, 0.25) is 5.78 Å². The number of carbonyl (C=O) groups excluding carboxylic acids is 1. The fourth-order valence-electron chi connectivity index (χ4n) is 1.80. The standard InChI is InChI=1S/C14H15ClN2O2/c1-3-17-13(7-8-16-17)14(18)10(2)19-12-6-4-5-11(15)9-12/h4-10H,3H2,1-2H3. The van der Waals surface area contributed by atoms with Gasteiger partial charge in [-0.15, -0.1) is 0 Å². The highest BCUT2D eigenvalue weighted by Crippen LogP contribution is 2.19. The highest BCUT2D eigenvalue weighted by atomic mass is 35.5. The van der Waals surface area contributed by atoms with E-state index in [0.29, 0.717) is 23.0 Å². The van der Waals surface area contributed by atoms with Gasteiger partial charge in [-0.05, 0) is 38.1 Å². The smallest absolute Gasteiger partial charge is 0.220 e. The van der Waals surface area contributed by atoms with Crippen molar-refractivity contribution in [3.63, 3.8) is 0 Å². The van der Waals surface area contributed by atoms with E-state index in [4.69, 9.17) is 16.3 Å². The monoisotopic (exact) mass is 278 g/mol. The molecule has 0 N–H and O–H groups in total. The normalized spacial score (nSPS) is 12.2. The summed E-state index contributed by atoms with van der Waals surface area (Å²) in [5, 5.41) is 4.66. The summed E-state index contributed by atoms with van der Waals surface area (Å²) in [5.74, 6) is 0.482. The molecule has 2 aromatic rings. The van der Waals surface area contributed by atoms with Crippen molar-refractivity contribution in [3.8, 4) is 5.75 Å². The molecule has 0 fully saturated rings. The predicted octanol–water partition coefficient (Wildman–Crippen LogP) is 3.21. The molecular formula is C14H15ClN2O2. The second-order valence-electron chi connectivity index (χ2n) is 4.11. The van der Waals surface area contributed by atoms with Crippen molar-refractivity contribution in [2.75, 3.05) is 0 Å². The van der Waals surface area contributed by atoms with Crippen LogP contribution in [0.5, 0.6) is 5.75 Å². The molecule has 5 heteroatoms. The molecule has 100 valence electrons. The number of hydrogen-bond acceptors (Lipinski definition) is 3. The molecule has 2 rings (SSSR count). The van der Waals surface area contributed by atoms with E-state index in [0.717, 1.165) is 0 Å². The summed E-state index contributed by atoms with van der Waals surface area (Å²) in [6, 6.07) is 8.69. The number of carbonyl (C=O) groups is 1. The molecule has 0 spiro atoms. The van der Waals surface area contributed by atoms with Crippen molar-refractivity contribution in [1.29, 1.82) is 0 Å². The van der Waals surface area contributed by atoms with Crippen LogP contribution < -0.4 is 4.74 Å². The maximum atomic E-state index is 12.3. The Morgan fingerprint density at radius 1 is 1.47 bits per heavy atom. The molecule has 0 aliphatic rings. The second kappa shape index (κ2) is 5.89. The largest absolute Gasteiger partial charge is 0.482 e. The van der Waals surface area contributed by atoms with Crippen LogP contribution in [0.2, 0.25) is 5.02 Å². The minimum Gasteiger partial charge on any atom is -0.482 e. The molecule has 1 aromatic carbocycles. The van der Waals surface area contributed by atoms with Crippen LogP contribution >= 0.6 is 11.6 Å². The third-order valence-electron chi connectivity index (χ3n) is 2.75. The Labute approximate surface area is 116 Å². The number of halogens is 1. The summed E-state index contributed by atoms with van der Waals surface area (Å²) in [7, 11) is 0. The van der Waals surface area contributed by atoms with E-state index in [1.807, 2.05) is 6.92 Å². The minimum atomic E-state index is -0.583. The summed E-state index contributed by atoms with van der Waals surface area (Å²) in [4.78, 5) is 12.3. The first-order valence-corrected chi connectivity index (χ1v) is 6.48. The first-order valence-electron chi connectivity index (χ1n) is 6.10. The number of ketones is 1. The van der Waals surface area contributed by atoms with Gasteiger partial charge in [0.15, 0.2) is 6.10 Å². The van der Waals surface area contributed by atoms with E-state index < -0.39 is 6.10 Å². The molecule has 0 aliphatic heterocycles. The molecule has 0 radical (unpaired) electrons. The zero-order chi connectivity index (χ0) is 13.8. The van der Waals surface area contributed by atoms with Crippen LogP contribution in [-0.4, -0.2) is 21.7 Å². The number of aromatic nitrogens is 2. The van der Waals surface area contributed by atoms with Crippen LogP contribution in [0.3, 0.4) is 0 Å². The van der Waals surface area contributed by atoms with Crippen molar-refractivity contribution in [1.82, 2.24) is 9.78 Å². The van der Waals surface area contributed by atoms with Crippen LogP contribution in [0.4, 0.5) is 0 Å². The van der Waals surface area contributed by atoms with E-state index in [9.17, 15) is 4.79 Å². The fraction of sp³-hybridized carbons (Fsp3) is 0.286. The molecule has 1 aromatic heterocycles. The van der Waals surface area contributed by atoms with E-state index in [-0.39, 0.29) is 5.78 Å². The highest BCUT2D eigenvalue weighted by molar-refractivity contribution is 6.30. The molecule has 4 nitrogen and oxygen atoms in total. The Bertz CT molecular complexity index is 580. The number of Topliss-reactive ketones (excluding diaryl/α,β-unsaturated/α-hetero) is 1. The van der Waals surface area contributed by atoms with Crippen LogP contribution in [0, 0.1) is 0 Å². The van der Waals surface area contributed by atoms with Gasteiger partial charge in [0.1, 0.15) is 11.4 Å². The Balaban J connectivity index is 2.12. The number of hydrogen-bond donors (Lipinski definition) is 0. The first kappa shape index (κ1) is 13.6. The zero-order valence-corrected chi connectivity index (χ0v) is 11.6. The third-order valence-corrected chi connectivity index (χ3v) is 2.98. The minimum absolute atomic E-state index is 0.0978. The molecule has 0 aliphatic carbocycles. The molecule has 0 saturated heterocycles. The van der Waals surface area contributed by atoms with E-state index in [2.05, 4.69) is 5.10 Å². The lowest BCUT2D eigenvalue weighted by Gasteiger charge is -2.14. The summed E-state index contributed by atoms with van der Waals surface area (Å²) >= 11 is 5.88. The average Bonchev–Trinajstić information content (AvgIpc) is 2.86. The SMILES string of the molecule is CCn1nccc1C(=O)C(C)Oc1cccc(Cl)c1. The Hall–Kier alpha value is -1.81. The average molecular weight is 279 g/mol. The fourth-order valence-corrected chi connectivity index (χ4v) is 1.98. The van der Waals surface area contributed by atoms with Gasteiger partial charge in [-0.1, -0.05) is 17.7 Å². The molecule has 1 unspecified atom stereocenters. The summed E-state index contributed by atoms with van der Waals surface area (Å²) in [6.45, 7) is 4.31. The molecule has 0 bridgehead atoms. The van der Waals surface area contributed by atoms with Crippen LogP contribution in [-0.2, 0) is 6.54 Å². The van der Waals surface area contributed by atoms with Crippen molar-refractivity contribution in [2.24, 2.45) is 0 Å². The van der Waals surface area contributed by atoms with E-state index >= 15 is 0 Å². The lowest BCUT2D eigenvalue weighted by atomic mass is 10.2. The number of ether oxygens (including phenoxy) is 1. The summed E-state index contributed by atoms with van der Waals surface area (Å²) < 4.78 is 7.26. The van der Waals surface area contributed by atoms with Gasteiger partial charge in [0.25, 0.3) is 0 Å². The molecular weight excluding hydrogens is 264 g/mol. The van der Waals surface area contributed by atoms with Gasteiger partial charge in [-0.25, -0.2) is 0 Å². The molecule has 1 atom stereocenters. The van der Waals surface area contributed by atoms with Gasteiger partial charge in [-0.3, -0.25) is 9.48 Å². The highest BCUT2D eigenvalue weighted by Gasteiger charge is 2.20. The molecule has 1 heterocycles. The summed E-state index contributed by atoms with van der Waals surface area (Å²) in [5.41, 5.74) is 0.553. The number of benzene rings is 1. The Kier molecular flexibility index (Phi) is 4.22. The van der Waals surface area contributed by atoms with Gasteiger partial charge in [0, 0.05) is 17.8 Å². The summed E-state index contributed by atoms with van der Waals surface area (Å²) in [6.07, 6.45) is 1.03. The van der Waals surface area contributed by atoms with E-state index in [1.165, 1.54) is 0 Å². The van der Waals surface area contributed by atoms with Crippen LogP contribution in [0.1, 0.15) is 24.3 Å². The van der Waals surface area contributed by atoms with Crippen molar-refractivity contribution >= 4 is 17.4 Å². The third kappa shape index (κ3) is 3.15. The van der Waals surface area contributed by atoms with Gasteiger partial charge in [-0.2, -0.15) is 5.10 Å². The van der Waals surface area contributed by atoms with Crippen LogP contribution in [0.15, 0.2) is 36.5 Å². The quantitative estimate of drug-likeness (QED) is 0.789. The van der Waals surface area contributed by atoms with Crippen molar-refractivity contribution < 1.29 is 9.53 Å². The van der Waals surface area contributed by atoms with Crippen molar-refractivity contribution in [2.45, 2.75) is 26.5 Å². The zero-order valence-electron chi connectivity index (χ0n) is 10.8. The topological polar surface area (TPSA) is 44.1 Å². The maximum Gasteiger partial charge on any atom is 0.220 e. The van der Waals surface area contributed by atoms with Crippen LogP contribution in [0.25, 0.3) is 0 Å². The molecule has 0 amide bonds. The van der Waals surface area contributed by atoms with Gasteiger partial charge in [0.05, 0.1) is 0 Å². The molecule has 0 saturated carbocycles. The number of nitrogens with zero attached hydrogens (tertiary/aromatic N) is 2. The lowest BCUT2D eigenvalue weighted by Crippen LogP contribution is -2.26. The van der Waals surface area contributed by atoms with Gasteiger partial charge >= 0.3 is 0 Å². The van der Waals surface area contributed by atoms with Gasteiger partial charge < -0.3 is 4.74 Å². The Morgan fingerprint density at radius 3 is 2.95 bits per heavy atom. The molecule has 19 heavy (non-hydrogen) atoms. The predicted molar refractivity (Wildman–Crippen MR) is 73.8 cm³/mol. The maximum absolute atomic E-state index is 12.3. The second-order valence-corrected chi connectivity index (χ2v) is 4.55. The number of aryl methyl sites for hydroxylation is 1. The van der Waals surface area contributed by atoms with E-state index in [1.54, 1.807) is 48.1 Å². The lowest BCUT2D eigenvalue weighted by molar-refractivity contribution is 0.0806. The number of rotatable bonds is 5. The Morgan fingerprint density at radius 2 is 2.26 bits per heavy atom. The van der Waals surface area contributed by atoms with Crippen molar-refractivity contribution in [3.05, 3.63) is 47.2 Å². The first-order chi connectivity index (χ1) is 9.11.